The molecule has 0 fully saturated rings. The van der Waals surface area contributed by atoms with Crippen molar-refractivity contribution in [1.29, 1.82) is 0 Å². The van der Waals surface area contributed by atoms with Gasteiger partial charge in [0.05, 0.1) is 6.54 Å². The predicted molar refractivity (Wildman–Crippen MR) is 74.8 cm³/mol. The lowest BCUT2D eigenvalue weighted by atomic mass is 10.2. The fourth-order valence-electron chi connectivity index (χ4n) is 1.86. The van der Waals surface area contributed by atoms with E-state index in [0.29, 0.717) is 6.54 Å². The quantitative estimate of drug-likeness (QED) is 0.864. The van der Waals surface area contributed by atoms with Gasteiger partial charge in [0.15, 0.2) is 0 Å². The van der Waals surface area contributed by atoms with E-state index in [4.69, 9.17) is 0 Å². The molecule has 0 aromatic carbocycles. The van der Waals surface area contributed by atoms with Crippen molar-refractivity contribution in [2.45, 2.75) is 20.0 Å². The Kier molecular flexibility index (Phi) is 4.11. The monoisotopic (exact) mass is 260 g/mol. The molecule has 6 heteroatoms. The number of aromatic nitrogens is 4. The zero-order valence-electron chi connectivity index (χ0n) is 11.9. The number of nitrogens with zero attached hydrogens (tertiary/aromatic N) is 5. The van der Waals surface area contributed by atoms with E-state index in [1.807, 2.05) is 49.9 Å². The van der Waals surface area contributed by atoms with E-state index in [-0.39, 0.29) is 0 Å². The lowest BCUT2D eigenvalue weighted by molar-refractivity contribution is 0.739. The molecular formula is C13H20N6. The topological polar surface area (TPSA) is 58.9 Å². The van der Waals surface area contributed by atoms with Crippen molar-refractivity contribution in [3.8, 4) is 0 Å². The van der Waals surface area contributed by atoms with E-state index in [1.165, 1.54) is 0 Å². The Morgan fingerprint density at radius 2 is 2.16 bits per heavy atom. The second-order valence-corrected chi connectivity index (χ2v) is 4.62. The first kappa shape index (κ1) is 13.5. The fourth-order valence-corrected chi connectivity index (χ4v) is 1.86. The average Bonchev–Trinajstić information content (AvgIpc) is 2.78. The molecule has 6 nitrogen and oxygen atoms in total. The number of hydrogen-bond donors (Lipinski definition) is 1. The summed E-state index contributed by atoms with van der Waals surface area (Å²) in [6, 6.07) is 0. The van der Waals surface area contributed by atoms with Gasteiger partial charge in [-0.15, -0.1) is 0 Å². The highest BCUT2D eigenvalue weighted by molar-refractivity contribution is 5.32. The molecule has 0 aliphatic carbocycles. The highest BCUT2D eigenvalue weighted by Gasteiger charge is 2.10. The molecule has 2 heterocycles. The largest absolute Gasteiger partial charge is 0.337 e. The number of anilines is 1. The minimum Gasteiger partial charge on any atom is -0.337 e. The minimum atomic E-state index is 0.689. The van der Waals surface area contributed by atoms with Gasteiger partial charge in [-0.3, -0.25) is 0 Å². The number of nitrogens with one attached hydrogen (secondary N) is 1. The van der Waals surface area contributed by atoms with Gasteiger partial charge in [-0.1, -0.05) is 0 Å². The molecule has 0 unspecified atom stereocenters. The maximum absolute atomic E-state index is 4.54. The van der Waals surface area contributed by atoms with Gasteiger partial charge in [0, 0.05) is 50.5 Å². The molecule has 0 saturated heterocycles. The van der Waals surface area contributed by atoms with E-state index in [0.717, 1.165) is 29.6 Å². The van der Waals surface area contributed by atoms with E-state index < -0.39 is 0 Å². The first-order valence-corrected chi connectivity index (χ1v) is 6.26. The van der Waals surface area contributed by atoms with Crippen LogP contribution in [0.3, 0.4) is 0 Å². The summed E-state index contributed by atoms with van der Waals surface area (Å²) in [6.45, 7) is 3.48. The van der Waals surface area contributed by atoms with Crippen LogP contribution in [0, 0.1) is 6.92 Å². The van der Waals surface area contributed by atoms with E-state index >= 15 is 0 Å². The van der Waals surface area contributed by atoms with Crippen molar-refractivity contribution in [1.82, 2.24) is 24.8 Å². The SMILES string of the molecule is CNCc1cnc(N(C)Cc2nccn2C)nc1C. The summed E-state index contributed by atoms with van der Waals surface area (Å²) in [6.07, 6.45) is 5.61. The maximum atomic E-state index is 4.54. The van der Waals surface area contributed by atoms with Gasteiger partial charge in [-0.05, 0) is 14.0 Å². The maximum Gasteiger partial charge on any atom is 0.225 e. The number of hydrogen-bond acceptors (Lipinski definition) is 5. The van der Waals surface area contributed by atoms with Gasteiger partial charge in [-0.2, -0.15) is 0 Å². The number of rotatable bonds is 5. The second kappa shape index (κ2) is 5.79. The van der Waals surface area contributed by atoms with Gasteiger partial charge in [0.25, 0.3) is 0 Å². The predicted octanol–water partition coefficient (Wildman–Crippen LogP) is 0.874. The molecule has 0 spiro atoms. The Balaban J connectivity index is 2.13. The zero-order chi connectivity index (χ0) is 13.8. The van der Waals surface area contributed by atoms with Crippen molar-refractivity contribution in [3.05, 3.63) is 35.7 Å². The first-order chi connectivity index (χ1) is 9.11. The van der Waals surface area contributed by atoms with Crippen LogP contribution >= 0.6 is 0 Å². The highest BCUT2D eigenvalue weighted by atomic mass is 15.2. The molecule has 0 atom stereocenters. The van der Waals surface area contributed by atoms with Crippen LogP contribution in [0.15, 0.2) is 18.6 Å². The third-order valence-corrected chi connectivity index (χ3v) is 3.08. The summed E-state index contributed by atoms with van der Waals surface area (Å²) >= 11 is 0. The molecule has 2 aromatic rings. The van der Waals surface area contributed by atoms with Gasteiger partial charge in [-0.25, -0.2) is 15.0 Å². The number of aryl methyl sites for hydroxylation is 2. The molecule has 1 N–H and O–H groups in total. The van der Waals surface area contributed by atoms with Gasteiger partial charge in [0.2, 0.25) is 5.95 Å². The summed E-state index contributed by atoms with van der Waals surface area (Å²) < 4.78 is 2.00. The molecule has 19 heavy (non-hydrogen) atoms. The second-order valence-electron chi connectivity index (χ2n) is 4.62. The Morgan fingerprint density at radius 3 is 2.74 bits per heavy atom. The third kappa shape index (κ3) is 3.08. The Hall–Kier alpha value is -1.95. The summed E-state index contributed by atoms with van der Waals surface area (Å²) in [7, 11) is 5.88. The van der Waals surface area contributed by atoms with Crippen molar-refractivity contribution >= 4 is 5.95 Å². The molecular weight excluding hydrogens is 240 g/mol. The van der Waals surface area contributed by atoms with Crippen LogP contribution in [0.2, 0.25) is 0 Å². The molecule has 102 valence electrons. The lowest BCUT2D eigenvalue weighted by Crippen LogP contribution is -2.22. The van der Waals surface area contributed by atoms with E-state index in [1.54, 1.807) is 6.20 Å². The van der Waals surface area contributed by atoms with E-state index in [2.05, 4.69) is 20.3 Å². The van der Waals surface area contributed by atoms with E-state index in [9.17, 15) is 0 Å². The van der Waals surface area contributed by atoms with Crippen LogP contribution < -0.4 is 10.2 Å². The van der Waals surface area contributed by atoms with Gasteiger partial charge >= 0.3 is 0 Å². The molecule has 2 rings (SSSR count). The summed E-state index contributed by atoms with van der Waals surface area (Å²) in [4.78, 5) is 15.3. The van der Waals surface area contributed by atoms with Crippen LogP contribution in [0.5, 0.6) is 0 Å². The van der Waals surface area contributed by atoms with Gasteiger partial charge in [0.1, 0.15) is 5.82 Å². The van der Waals surface area contributed by atoms with Crippen LogP contribution in [0.25, 0.3) is 0 Å². The standard InChI is InChI=1S/C13H20N6/c1-10-11(7-14-2)8-16-13(17-10)19(4)9-12-15-5-6-18(12)3/h5-6,8,14H,7,9H2,1-4H3. The van der Waals surface area contributed by atoms with Crippen molar-refractivity contribution in [2.24, 2.45) is 7.05 Å². The smallest absolute Gasteiger partial charge is 0.225 e. The molecule has 0 radical (unpaired) electrons. The van der Waals surface area contributed by atoms with Crippen molar-refractivity contribution in [3.63, 3.8) is 0 Å². The summed E-state index contributed by atoms with van der Waals surface area (Å²) in [5, 5.41) is 3.11. The first-order valence-electron chi connectivity index (χ1n) is 6.26. The lowest BCUT2D eigenvalue weighted by Gasteiger charge is -2.17. The normalized spacial score (nSPS) is 10.7. The summed E-state index contributed by atoms with van der Waals surface area (Å²) in [5.74, 6) is 1.71. The van der Waals surface area contributed by atoms with Crippen LogP contribution in [-0.2, 0) is 20.1 Å². The van der Waals surface area contributed by atoms with Crippen molar-refractivity contribution in [2.75, 3.05) is 19.0 Å². The Bertz CT molecular complexity index is 548. The Labute approximate surface area is 113 Å². The molecule has 0 saturated carbocycles. The molecule has 0 aliphatic heterocycles. The van der Waals surface area contributed by atoms with Crippen LogP contribution in [0.1, 0.15) is 17.1 Å². The molecule has 0 bridgehead atoms. The average molecular weight is 260 g/mol. The van der Waals surface area contributed by atoms with Crippen molar-refractivity contribution < 1.29 is 0 Å². The fraction of sp³-hybridized carbons (Fsp3) is 0.462. The highest BCUT2D eigenvalue weighted by Crippen LogP contribution is 2.12. The molecule has 2 aromatic heterocycles. The number of imidazole rings is 1. The van der Waals surface area contributed by atoms with Gasteiger partial charge < -0.3 is 14.8 Å². The third-order valence-electron chi connectivity index (χ3n) is 3.08. The Morgan fingerprint density at radius 1 is 1.37 bits per heavy atom. The summed E-state index contributed by atoms with van der Waals surface area (Å²) in [5.41, 5.74) is 2.13. The molecule has 0 amide bonds. The van der Waals surface area contributed by atoms with Crippen LogP contribution in [-0.4, -0.2) is 33.6 Å². The minimum absolute atomic E-state index is 0.689. The molecule has 0 aliphatic rings. The van der Waals surface area contributed by atoms with Crippen LogP contribution in [0.4, 0.5) is 5.95 Å². The zero-order valence-corrected chi connectivity index (χ0v) is 11.9.